The van der Waals surface area contributed by atoms with Crippen molar-refractivity contribution in [3.05, 3.63) is 58.7 Å². The van der Waals surface area contributed by atoms with Crippen LogP contribution in [0.15, 0.2) is 36.4 Å². The summed E-state index contributed by atoms with van der Waals surface area (Å²) in [5.41, 5.74) is 1.62. The van der Waals surface area contributed by atoms with Crippen molar-refractivity contribution in [2.75, 3.05) is 51.3 Å². The molecule has 2 aromatic carbocycles. The molecule has 48 heavy (non-hydrogen) atoms. The van der Waals surface area contributed by atoms with Crippen molar-refractivity contribution in [3.63, 3.8) is 0 Å². The van der Waals surface area contributed by atoms with Crippen LogP contribution in [0.4, 0.5) is 47.3 Å². The summed E-state index contributed by atoms with van der Waals surface area (Å²) < 4.78 is 88.1. The lowest BCUT2D eigenvalue weighted by atomic mass is 9.97. The highest BCUT2D eigenvalue weighted by atomic mass is 19.4. The largest absolute Gasteiger partial charge is 0.436 e. The van der Waals surface area contributed by atoms with E-state index in [1.54, 1.807) is 4.90 Å². The third kappa shape index (κ3) is 7.74. The van der Waals surface area contributed by atoms with Crippen LogP contribution < -0.4 is 11.1 Å². The molecule has 4 amide bonds. The topological polar surface area (TPSA) is 111 Å². The van der Waals surface area contributed by atoms with Gasteiger partial charge in [0.15, 0.2) is 6.10 Å². The average molecular weight is 685 g/mol. The number of rotatable bonds is 6. The van der Waals surface area contributed by atoms with Crippen molar-refractivity contribution in [3.8, 4) is 0 Å². The van der Waals surface area contributed by atoms with Gasteiger partial charge in [0, 0.05) is 56.9 Å². The number of nitrogens with one attached hydrogen (secondary N) is 1. The van der Waals surface area contributed by atoms with Crippen molar-refractivity contribution in [2.45, 2.75) is 69.2 Å². The van der Waals surface area contributed by atoms with Crippen LogP contribution in [0, 0.1) is 0 Å². The van der Waals surface area contributed by atoms with Crippen molar-refractivity contribution < 1.29 is 45.5 Å². The summed E-state index contributed by atoms with van der Waals surface area (Å²) in [4.78, 5) is 46.3. The van der Waals surface area contributed by atoms with E-state index < -0.39 is 59.3 Å². The van der Waals surface area contributed by atoms with Crippen LogP contribution in [0.3, 0.4) is 0 Å². The maximum absolute atomic E-state index is 13.8. The fourth-order valence-electron chi connectivity index (χ4n) is 6.57. The van der Waals surface area contributed by atoms with Crippen LogP contribution in [-0.4, -0.2) is 96.1 Å². The van der Waals surface area contributed by atoms with E-state index in [1.807, 2.05) is 43.3 Å². The number of piperidine rings is 2. The highest BCUT2D eigenvalue weighted by molar-refractivity contribution is 5.92. The Morgan fingerprint density at radius 1 is 0.938 bits per heavy atom. The minimum Gasteiger partial charge on any atom is -0.436 e. The van der Waals surface area contributed by atoms with Crippen LogP contribution >= 0.6 is 0 Å². The summed E-state index contributed by atoms with van der Waals surface area (Å²) in [6.45, 7) is 1.24. The number of nitrogens with zero attached hydrogens (tertiary/aromatic N) is 4. The van der Waals surface area contributed by atoms with Gasteiger partial charge in [-0.25, -0.2) is 9.59 Å². The minimum atomic E-state index is -5.21. The number of anilines is 2. The lowest BCUT2D eigenvalue weighted by Gasteiger charge is -2.40. The van der Waals surface area contributed by atoms with Crippen LogP contribution in [0.5, 0.6) is 0 Å². The number of para-hydroxylation sites is 1. The van der Waals surface area contributed by atoms with Crippen molar-refractivity contribution in [2.24, 2.45) is 0 Å². The first-order chi connectivity index (χ1) is 22.5. The Bertz CT molecular complexity index is 1480. The summed E-state index contributed by atoms with van der Waals surface area (Å²) >= 11 is 0. The standard InChI is InChI=1S/C32H38F6N6O4/c1-41(2)21-7-11-42(12-8-21)28(45)26(17-19-15-23(31(33,34)35)27(39)24(16-19)32(36,37)38)48-30(47)43-13-9-22(10-14-43)44-18-20-5-3-4-6-25(20)40-29(44)46/h3-6,15-16,21-22,26H,7-14,17-18,39H2,1-2H3,(H,40,46)/t26-/m1/s1. The van der Waals surface area contributed by atoms with E-state index in [4.69, 9.17) is 10.5 Å². The Kier molecular flexibility index (Phi) is 10.0. The normalized spacial score (nSPS) is 18.9. The molecule has 16 heteroatoms. The number of halogens is 6. The van der Waals surface area contributed by atoms with E-state index >= 15 is 0 Å². The number of benzene rings is 2. The molecule has 3 N–H and O–H groups in total. The van der Waals surface area contributed by atoms with Crippen LogP contribution in [0.1, 0.15) is 47.9 Å². The average Bonchev–Trinajstić information content (AvgIpc) is 3.03. The molecule has 0 radical (unpaired) electrons. The zero-order valence-corrected chi connectivity index (χ0v) is 26.5. The van der Waals surface area contributed by atoms with Gasteiger partial charge in [-0.15, -0.1) is 0 Å². The molecule has 262 valence electrons. The fourth-order valence-corrected chi connectivity index (χ4v) is 6.57. The molecular formula is C32H38F6N6O4. The molecule has 2 saturated heterocycles. The number of likely N-dealkylation sites (tertiary alicyclic amines) is 2. The maximum atomic E-state index is 13.8. The Morgan fingerprint density at radius 2 is 1.50 bits per heavy atom. The van der Waals surface area contributed by atoms with Crippen molar-refractivity contribution in [1.82, 2.24) is 19.6 Å². The molecular weight excluding hydrogens is 646 g/mol. The predicted molar refractivity (Wildman–Crippen MR) is 164 cm³/mol. The molecule has 2 aromatic rings. The molecule has 3 heterocycles. The number of fused-ring (bicyclic) bond motifs is 1. The van der Waals surface area contributed by atoms with E-state index in [0.717, 1.165) is 11.3 Å². The summed E-state index contributed by atoms with van der Waals surface area (Å²) in [6, 6.07) is 8.04. The number of carbonyl (C=O) groups excluding carboxylic acids is 3. The van der Waals surface area contributed by atoms with Gasteiger partial charge in [-0.05, 0) is 69.1 Å². The number of alkyl halides is 6. The number of nitrogen functional groups attached to an aromatic ring is 1. The lowest BCUT2D eigenvalue weighted by molar-refractivity contribution is -0.142. The molecule has 3 aliphatic rings. The van der Waals surface area contributed by atoms with E-state index in [0.29, 0.717) is 44.4 Å². The zero-order valence-electron chi connectivity index (χ0n) is 26.5. The molecule has 0 aliphatic carbocycles. The highest BCUT2D eigenvalue weighted by Gasteiger charge is 2.42. The number of ether oxygens (including phenoxy) is 1. The SMILES string of the molecule is CN(C)C1CCN(C(=O)[C@@H](Cc2cc(C(F)(F)F)c(N)c(C(F)(F)F)c2)OC(=O)N2CCC(N3Cc4ccccc4NC3=O)CC2)CC1. The first-order valence-corrected chi connectivity index (χ1v) is 15.7. The number of carbonyl (C=O) groups is 3. The Balaban J connectivity index is 1.33. The molecule has 10 nitrogen and oxygen atoms in total. The zero-order chi connectivity index (χ0) is 35.0. The quantitative estimate of drug-likeness (QED) is 0.311. The van der Waals surface area contributed by atoms with Crippen molar-refractivity contribution >= 4 is 29.4 Å². The van der Waals surface area contributed by atoms with Gasteiger partial charge in [0.25, 0.3) is 5.91 Å². The maximum Gasteiger partial charge on any atom is 0.418 e. The molecule has 0 aromatic heterocycles. The lowest BCUT2D eigenvalue weighted by Crippen LogP contribution is -2.52. The van der Waals surface area contributed by atoms with Gasteiger partial charge in [-0.3, -0.25) is 4.79 Å². The molecule has 0 saturated carbocycles. The molecule has 2 fully saturated rings. The van der Waals surface area contributed by atoms with E-state index in [1.165, 1.54) is 9.80 Å². The smallest absolute Gasteiger partial charge is 0.418 e. The fraction of sp³-hybridized carbons (Fsp3) is 0.531. The molecule has 0 spiro atoms. The van der Waals surface area contributed by atoms with Gasteiger partial charge < -0.3 is 35.4 Å². The third-order valence-corrected chi connectivity index (χ3v) is 9.32. The molecule has 0 bridgehead atoms. The number of amides is 4. The number of hydrogen-bond donors (Lipinski definition) is 2. The van der Waals surface area contributed by atoms with Gasteiger partial charge in [0.2, 0.25) is 0 Å². The van der Waals surface area contributed by atoms with Gasteiger partial charge in [-0.1, -0.05) is 18.2 Å². The van der Waals surface area contributed by atoms with E-state index in [9.17, 15) is 40.7 Å². The highest BCUT2D eigenvalue weighted by Crippen LogP contribution is 2.42. The summed E-state index contributed by atoms with van der Waals surface area (Å²) in [7, 11) is 3.79. The van der Waals surface area contributed by atoms with Crippen LogP contribution in [-0.2, 0) is 34.8 Å². The Morgan fingerprint density at radius 3 is 2.06 bits per heavy atom. The monoisotopic (exact) mass is 684 g/mol. The summed E-state index contributed by atoms with van der Waals surface area (Å²) in [6.07, 6.45) is -11.8. The minimum absolute atomic E-state index is 0.155. The van der Waals surface area contributed by atoms with Crippen LogP contribution in [0.2, 0.25) is 0 Å². The van der Waals surface area contributed by atoms with Crippen LogP contribution in [0.25, 0.3) is 0 Å². The molecule has 0 unspecified atom stereocenters. The van der Waals surface area contributed by atoms with E-state index in [2.05, 4.69) is 5.32 Å². The third-order valence-electron chi connectivity index (χ3n) is 9.32. The number of urea groups is 1. The second-order valence-corrected chi connectivity index (χ2v) is 12.6. The molecule has 1 atom stereocenters. The molecule has 3 aliphatic heterocycles. The first kappa shape index (κ1) is 35.1. The molecule has 5 rings (SSSR count). The van der Waals surface area contributed by atoms with Gasteiger partial charge in [-0.2, -0.15) is 26.3 Å². The second kappa shape index (κ2) is 13.7. The number of hydrogen-bond acceptors (Lipinski definition) is 6. The predicted octanol–water partition coefficient (Wildman–Crippen LogP) is 5.42. The second-order valence-electron chi connectivity index (χ2n) is 12.6. The van der Waals surface area contributed by atoms with Crippen molar-refractivity contribution in [1.29, 1.82) is 0 Å². The summed E-state index contributed by atoms with van der Waals surface area (Å²) in [5, 5.41) is 2.86. The van der Waals surface area contributed by atoms with Gasteiger partial charge in [0.05, 0.1) is 16.8 Å². The van der Waals surface area contributed by atoms with Gasteiger partial charge >= 0.3 is 24.5 Å². The summed E-state index contributed by atoms with van der Waals surface area (Å²) in [5.74, 6) is -0.710. The Labute approximate surface area is 273 Å². The Hall–Kier alpha value is -4.21. The van der Waals surface area contributed by atoms with E-state index in [-0.39, 0.29) is 44.3 Å². The first-order valence-electron chi connectivity index (χ1n) is 15.7. The van der Waals surface area contributed by atoms with Gasteiger partial charge in [0.1, 0.15) is 0 Å². The number of nitrogens with two attached hydrogens (primary N) is 1.